The minimum atomic E-state index is -4.96. The van der Waals surface area contributed by atoms with E-state index in [9.17, 15) is 44.7 Å². The molecule has 4 heterocycles. The van der Waals surface area contributed by atoms with Crippen LogP contribution in [-0.4, -0.2) is 48.7 Å². The van der Waals surface area contributed by atoms with Crippen LogP contribution in [0.5, 0.6) is 0 Å². The number of hydrogen-bond acceptors (Lipinski definition) is 8. The normalized spacial score (nSPS) is 17.2. The lowest BCUT2D eigenvalue weighted by atomic mass is 9.84. The molecule has 0 radical (unpaired) electrons. The summed E-state index contributed by atoms with van der Waals surface area (Å²) < 4.78 is 115. The van der Waals surface area contributed by atoms with E-state index in [1.165, 1.54) is 48.8 Å². The summed E-state index contributed by atoms with van der Waals surface area (Å²) in [5.74, 6) is -3.00. The van der Waals surface area contributed by atoms with Gasteiger partial charge in [0, 0.05) is 30.3 Å². The van der Waals surface area contributed by atoms with Crippen LogP contribution in [0.1, 0.15) is 57.6 Å². The molecule has 0 unspecified atom stereocenters. The predicted octanol–water partition coefficient (Wildman–Crippen LogP) is 7.54. The first-order valence-corrected chi connectivity index (χ1v) is 16.6. The van der Waals surface area contributed by atoms with Gasteiger partial charge in [0.05, 0.1) is 36.1 Å². The Bertz CT molecular complexity index is 2310. The highest BCUT2D eigenvalue weighted by Crippen LogP contribution is 2.41. The lowest BCUT2D eigenvalue weighted by molar-refractivity contribution is -0.139. The monoisotopic (exact) mass is 769 g/mol. The SMILES string of the molecule is NC1=N[C@](CCCC(F)(F)F)(c2ccc(F)cc2)C(=O)N1Cc1ccc(C(F)(F)F)c(C(=O)N2Cc3cnc(-c4cnc(-c5ccc(F)cc5)o4)nc3C2)c1. The minimum Gasteiger partial charge on any atom is -0.433 e. The maximum atomic E-state index is 14.3. The highest BCUT2D eigenvalue weighted by molar-refractivity contribution is 6.07. The van der Waals surface area contributed by atoms with Crippen LogP contribution >= 0.6 is 0 Å². The smallest absolute Gasteiger partial charge is 0.417 e. The Morgan fingerprint density at radius 1 is 0.891 bits per heavy atom. The van der Waals surface area contributed by atoms with Gasteiger partial charge in [-0.1, -0.05) is 18.2 Å². The first kappa shape index (κ1) is 37.1. The number of guanidine groups is 1. The van der Waals surface area contributed by atoms with Crippen molar-refractivity contribution in [3.05, 3.63) is 124 Å². The van der Waals surface area contributed by atoms with Crippen molar-refractivity contribution in [1.29, 1.82) is 0 Å². The number of amides is 2. The summed E-state index contributed by atoms with van der Waals surface area (Å²) in [5, 5.41) is 0. The van der Waals surface area contributed by atoms with Crippen LogP contribution < -0.4 is 5.73 Å². The van der Waals surface area contributed by atoms with Crippen molar-refractivity contribution in [2.45, 2.75) is 56.8 Å². The van der Waals surface area contributed by atoms with E-state index in [0.29, 0.717) is 22.9 Å². The first-order valence-electron chi connectivity index (χ1n) is 16.6. The third-order valence-electron chi connectivity index (χ3n) is 9.22. The van der Waals surface area contributed by atoms with Crippen LogP contribution in [0, 0.1) is 11.6 Å². The van der Waals surface area contributed by atoms with Gasteiger partial charge in [-0.3, -0.25) is 14.5 Å². The molecule has 2 N–H and O–H groups in total. The molecule has 3 aromatic carbocycles. The Hall–Kier alpha value is -6.20. The van der Waals surface area contributed by atoms with Crippen molar-refractivity contribution in [3.8, 4) is 23.0 Å². The second kappa shape index (κ2) is 13.9. The number of nitrogens with two attached hydrogens (primary N) is 1. The number of benzene rings is 3. The van der Waals surface area contributed by atoms with Gasteiger partial charge in [-0.25, -0.2) is 28.7 Å². The minimum absolute atomic E-state index is 0.0362. The molecule has 2 aliphatic rings. The number of fused-ring (bicyclic) bond motifs is 1. The van der Waals surface area contributed by atoms with Crippen LogP contribution in [0.25, 0.3) is 23.0 Å². The summed E-state index contributed by atoms with van der Waals surface area (Å²) in [7, 11) is 0. The molecule has 55 heavy (non-hydrogen) atoms. The fourth-order valence-electron chi connectivity index (χ4n) is 6.54. The highest BCUT2D eigenvalue weighted by Gasteiger charge is 2.49. The fourth-order valence-corrected chi connectivity index (χ4v) is 6.54. The van der Waals surface area contributed by atoms with Crippen molar-refractivity contribution in [2.24, 2.45) is 10.7 Å². The molecule has 0 aliphatic carbocycles. The number of carbonyl (C=O) groups excluding carboxylic acids is 2. The van der Waals surface area contributed by atoms with Gasteiger partial charge in [-0.15, -0.1) is 0 Å². The van der Waals surface area contributed by atoms with Crippen molar-refractivity contribution in [2.75, 3.05) is 0 Å². The number of aliphatic imine (C=N–C) groups is 1. The summed E-state index contributed by atoms with van der Waals surface area (Å²) in [4.78, 5) is 46.9. The zero-order valence-electron chi connectivity index (χ0n) is 28.3. The van der Waals surface area contributed by atoms with E-state index in [4.69, 9.17) is 10.2 Å². The van der Waals surface area contributed by atoms with E-state index in [2.05, 4.69) is 19.9 Å². The zero-order chi connectivity index (χ0) is 39.3. The number of oxazole rings is 1. The number of carbonyl (C=O) groups is 2. The molecule has 18 heteroatoms. The van der Waals surface area contributed by atoms with Crippen LogP contribution in [0.4, 0.5) is 35.1 Å². The third kappa shape index (κ3) is 7.48. The van der Waals surface area contributed by atoms with Gasteiger partial charge in [-0.2, -0.15) is 26.3 Å². The lowest BCUT2D eigenvalue weighted by Crippen LogP contribution is -2.42. The molecule has 0 fully saturated rings. The predicted molar refractivity (Wildman–Crippen MR) is 178 cm³/mol. The Morgan fingerprint density at radius 3 is 2.25 bits per heavy atom. The maximum absolute atomic E-state index is 14.3. The number of halogens is 8. The Balaban J connectivity index is 1.13. The molecule has 0 spiro atoms. The van der Waals surface area contributed by atoms with Crippen LogP contribution in [0.2, 0.25) is 0 Å². The number of rotatable bonds is 9. The molecule has 7 rings (SSSR count). The van der Waals surface area contributed by atoms with Crippen LogP contribution in [0.15, 0.2) is 88.5 Å². The van der Waals surface area contributed by atoms with Gasteiger partial charge in [0.1, 0.15) is 11.6 Å². The molecule has 2 amide bonds. The molecule has 0 saturated carbocycles. The molecule has 0 bridgehead atoms. The quantitative estimate of drug-likeness (QED) is 0.153. The van der Waals surface area contributed by atoms with E-state index in [-0.39, 0.29) is 41.7 Å². The molecule has 284 valence electrons. The molecule has 2 aliphatic heterocycles. The Morgan fingerprint density at radius 2 is 1.58 bits per heavy atom. The molecule has 10 nitrogen and oxygen atoms in total. The van der Waals surface area contributed by atoms with Crippen molar-refractivity contribution < 1.29 is 49.1 Å². The van der Waals surface area contributed by atoms with E-state index >= 15 is 0 Å². The summed E-state index contributed by atoms with van der Waals surface area (Å²) in [6.45, 7) is -0.803. The van der Waals surface area contributed by atoms with Crippen molar-refractivity contribution in [3.63, 3.8) is 0 Å². The number of aromatic nitrogens is 3. The molecular formula is C37H27F8N7O3. The molecule has 5 aromatic rings. The second-order valence-corrected chi connectivity index (χ2v) is 12.9. The van der Waals surface area contributed by atoms with Crippen LogP contribution in [0.3, 0.4) is 0 Å². The van der Waals surface area contributed by atoms with E-state index in [0.717, 1.165) is 34.1 Å². The molecule has 0 saturated heterocycles. The van der Waals surface area contributed by atoms with E-state index in [1.54, 1.807) is 0 Å². The fraction of sp³-hybridized carbons (Fsp3) is 0.243. The Labute approximate surface area is 306 Å². The second-order valence-electron chi connectivity index (χ2n) is 12.9. The number of hydrogen-bond donors (Lipinski definition) is 1. The van der Waals surface area contributed by atoms with Gasteiger partial charge in [0.25, 0.3) is 11.8 Å². The zero-order valence-corrected chi connectivity index (χ0v) is 28.3. The van der Waals surface area contributed by atoms with Crippen molar-refractivity contribution in [1.82, 2.24) is 24.8 Å². The van der Waals surface area contributed by atoms with E-state index in [1.807, 2.05) is 0 Å². The van der Waals surface area contributed by atoms with E-state index < -0.39 is 84.2 Å². The summed E-state index contributed by atoms with van der Waals surface area (Å²) in [6, 6.07) is 12.6. The number of nitrogens with zero attached hydrogens (tertiary/aromatic N) is 6. The number of alkyl halides is 6. The summed E-state index contributed by atoms with van der Waals surface area (Å²) in [6.07, 6.45) is -8.95. The van der Waals surface area contributed by atoms with Gasteiger partial charge < -0.3 is 15.1 Å². The molecular weight excluding hydrogens is 742 g/mol. The highest BCUT2D eigenvalue weighted by atomic mass is 19.4. The maximum Gasteiger partial charge on any atom is 0.417 e. The molecule has 1 atom stereocenters. The van der Waals surface area contributed by atoms with Gasteiger partial charge in [0.2, 0.25) is 5.89 Å². The standard InChI is InChI=1S/C37H27F8N7O3/c38-24-7-3-21(4-8-24)31-48-16-29(55-31)30-47-15-22-18-51(19-28(22)49-30)32(53)26-14-20(2-11-27(26)37(43,44)45)17-52-33(54)35(50-34(52)46,12-1-13-36(40,41)42)23-5-9-25(39)10-6-23/h2-11,14-16H,1,12-13,17-19H2,(H2,46,50)/t35-/m1/s1. The first-order chi connectivity index (χ1) is 26.0. The lowest BCUT2D eigenvalue weighted by Gasteiger charge is -2.27. The summed E-state index contributed by atoms with van der Waals surface area (Å²) in [5.41, 5.74) is 3.60. The third-order valence-corrected chi connectivity index (χ3v) is 9.22. The van der Waals surface area contributed by atoms with Gasteiger partial charge in [-0.05, 0) is 72.5 Å². The van der Waals surface area contributed by atoms with Gasteiger partial charge in [0.15, 0.2) is 23.1 Å². The topological polar surface area (TPSA) is 131 Å². The largest absolute Gasteiger partial charge is 0.433 e. The van der Waals surface area contributed by atoms with Gasteiger partial charge >= 0.3 is 12.4 Å². The average molecular weight is 770 g/mol. The average Bonchev–Trinajstić information content (AvgIpc) is 3.85. The Kier molecular flexibility index (Phi) is 9.38. The molecule has 2 aromatic heterocycles. The van der Waals surface area contributed by atoms with Crippen molar-refractivity contribution >= 4 is 17.8 Å². The summed E-state index contributed by atoms with van der Waals surface area (Å²) >= 11 is 0. The van der Waals surface area contributed by atoms with Crippen LogP contribution in [-0.2, 0) is 36.1 Å².